The van der Waals surface area contributed by atoms with Crippen LogP contribution in [0.3, 0.4) is 0 Å². The maximum absolute atomic E-state index is 9.30. The fourth-order valence-electron chi connectivity index (χ4n) is 2.14. The summed E-state index contributed by atoms with van der Waals surface area (Å²) >= 11 is 2.03. The molecule has 1 aromatic carbocycles. The van der Waals surface area contributed by atoms with Crippen LogP contribution in [0.1, 0.15) is 17.9 Å². The van der Waals surface area contributed by atoms with Gasteiger partial charge in [0.15, 0.2) is 0 Å². The van der Waals surface area contributed by atoms with Crippen LogP contribution in [-0.4, -0.2) is 36.0 Å². The van der Waals surface area contributed by atoms with Gasteiger partial charge in [0.2, 0.25) is 0 Å². The summed E-state index contributed by atoms with van der Waals surface area (Å²) in [7, 11) is 0. The summed E-state index contributed by atoms with van der Waals surface area (Å²) in [5.41, 5.74) is 1.15. The molecule has 1 unspecified atom stereocenters. The molecule has 0 saturated carbocycles. The first-order valence-electron chi connectivity index (χ1n) is 6.15. The summed E-state index contributed by atoms with van der Waals surface area (Å²) in [6.45, 7) is 3.13. The zero-order valence-corrected chi connectivity index (χ0v) is 10.8. The Hall–Kier alpha value is -0.980. The topological polar surface area (TPSA) is 27.0 Å². The molecule has 2 nitrogen and oxygen atoms in total. The summed E-state index contributed by atoms with van der Waals surface area (Å²) in [5.74, 6) is 2.48. The van der Waals surface area contributed by atoms with Gasteiger partial charge in [-0.15, -0.1) is 0 Å². The van der Waals surface area contributed by atoms with E-state index in [-0.39, 0.29) is 5.92 Å². The first-order chi connectivity index (χ1) is 8.40. The summed E-state index contributed by atoms with van der Waals surface area (Å²) in [6, 6.07) is 12.6. The van der Waals surface area contributed by atoms with Crippen LogP contribution < -0.4 is 0 Å². The van der Waals surface area contributed by atoms with Gasteiger partial charge in [-0.25, -0.2) is 0 Å². The molecular weight excluding hydrogens is 228 g/mol. The van der Waals surface area contributed by atoms with E-state index in [1.165, 1.54) is 17.9 Å². The summed E-state index contributed by atoms with van der Waals surface area (Å²) in [4.78, 5) is 2.43. The van der Waals surface area contributed by atoms with Gasteiger partial charge in [0.25, 0.3) is 0 Å². The number of rotatable bonds is 3. The number of benzene rings is 1. The summed E-state index contributed by atoms with van der Waals surface area (Å²) in [6.07, 6.45) is 1.25. The highest BCUT2D eigenvalue weighted by Gasteiger charge is 2.16. The Morgan fingerprint density at radius 1 is 1.24 bits per heavy atom. The van der Waals surface area contributed by atoms with Crippen molar-refractivity contribution in [3.63, 3.8) is 0 Å². The smallest absolute Gasteiger partial charge is 0.0839 e. The lowest BCUT2D eigenvalue weighted by molar-refractivity contribution is 0.290. The van der Waals surface area contributed by atoms with Crippen molar-refractivity contribution < 1.29 is 0 Å². The SMILES string of the molecule is N#CC(CN1CCCSCC1)c1ccccc1. The van der Waals surface area contributed by atoms with Gasteiger partial charge in [-0.1, -0.05) is 30.3 Å². The Bertz CT molecular complexity index is 364. The summed E-state index contributed by atoms with van der Waals surface area (Å²) in [5, 5.41) is 9.30. The van der Waals surface area contributed by atoms with E-state index in [1.807, 2.05) is 30.0 Å². The standard InChI is InChI=1S/C14H18N2S/c15-11-14(13-5-2-1-3-6-13)12-16-7-4-9-17-10-8-16/h1-3,5-6,14H,4,7-10,12H2. The van der Waals surface area contributed by atoms with Gasteiger partial charge in [0.05, 0.1) is 12.0 Å². The lowest BCUT2D eigenvalue weighted by atomic mass is 10.00. The number of hydrogen-bond donors (Lipinski definition) is 0. The van der Waals surface area contributed by atoms with Crippen molar-refractivity contribution in [2.24, 2.45) is 0 Å². The van der Waals surface area contributed by atoms with E-state index in [2.05, 4.69) is 23.1 Å². The lowest BCUT2D eigenvalue weighted by Crippen LogP contribution is -2.30. The second-order valence-electron chi connectivity index (χ2n) is 4.36. The van der Waals surface area contributed by atoms with Crippen molar-refractivity contribution in [2.75, 3.05) is 31.1 Å². The molecule has 17 heavy (non-hydrogen) atoms. The van der Waals surface area contributed by atoms with Crippen LogP contribution in [0.4, 0.5) is 0 Å². The molecule has 0 radical (unpaired) electrons. The highest BCUT2D eigenvalue weighted by atomic mass is 32.2. The monoisotopic (exact) mass is 246 g/mol. The molecule has 1 fully saturated rings. The quantitative estimate of drug-likeness (QED) is 0.820. The molecule has 1 aliphatic heterocycles. The van der Waals surface area contributed by atoms with E-state index < -0.39 is 0 Å². The zero-order chi connectivity index (χ0) is 11.9. The maximum atomic E-state index is 9.30. The van der Waals surface area contributed by atoms with E-state index >= 15 is 0 Å². The Morgan fingerprint density at radius 3 is 2.82 bits per heavy atom. The molecule has 90 valence electrons. The molecule has 0 spiro atoms. The maximum Gasteiger partial charge on any atom is 0.0839 e. The van der Waals surface area contributed by atoms with Crippen LogP contribution in [0.15, 0.2) is 30.3 Å². The molecule has 1 aromatic rings. The Balaban J connectivity index is 1.98. The molecule has 0 bridgehead atoms. The highest BCUT2D eigenvalue weighted by molar-refractivity contribution is 7.99. The second kappa shape index (κ2) is 6.68. The average Bonchev–Trinajstić information content (AvgIpc) is 2.65. The van der Waals surface area contributed by atoms with Gasteiger partial charge in [0.1, 0.15) is 0 Å². The first-order valence-corrected chi connectivity index (χ1v) is 7.30. The van der Waals surface area contributed by atoms with E-state index in [0.29, 0.717) is 0 Å². The van der Waals surface area contributed by atoms with E-state index in [9.17, 15) is 5.26 Å². The Kier molecular flexibility index (Phi) is 4.90. The highest BCUT2D eigenvalue weighted by Crippen LogP contribution is 2.18. The second-order valence-corrected chi connectivity index (χ2v) is 5.58. The summed E-state index contributed by atoms with van der Waals surface area (Å²) < 4.78 is 0. The van der Waals surface area contributed by atoms with Crippen LogP contribution in [0.5, 0.6) is 0 Å². The molecule has 0 aromatic heterocycles. The van der Waals surface area contributed by atoms with E-state index in [0.717, 1.165) is 25.2 Å². The number of hydrogen-bond acceptors (Lipinski definition) is 3. The Labute approximate surface area is 108 Å². The number of nitrogens with zero attached hydrogens (tertiary/aromatic N) is 2. The molecule has 1 saturated heterocycles. The van der Waals surface area contributed by atoms with E-state index in [1.54, 1.807) is 0 Å². The molecule has 0 amide bonds. The normalized spacial score (nSPS) is 19.2. The third-order valence-electron chi connectivity index (χ3n) is 3.11. The molecule has 1 atom stereocenters. The van der Waals surface area contributed by atoms with Crippen molar-refractivity contribution in [1.29, 1.82) is 5.26 Å². The van der Waals surface area contributed by atoms with Crippen LogP contribution in [0.25, 0.3) is 0 Å². The number of thioether (sulfide) groups is 1. The molecule has 0 N–H and O–H groups in total. The molecular formula is C14H18N2S. The lowest BCUT2D eigenvalue weighted by Gasteiger charge is -2.22. The minimum Gasteiger partial charge on any atom is -0.301 e. The van der Waals surface area contributed by atoms with E-state index in [4.69, 9.17) is 0 Å². The van der Waals surface area contributed by atoms with Gasteiger partial charge in [-0.2, -0.15) is 17.0 Å². The van der Waals surface area contributed by atoms with Crippen molar-refractivity contribution in [1.82, 2.24) is 4.90 Å². The van der Waals surface area contributed by atoms with Crippen LogP contribution >= 0.6 is 11.8 Å². The molecule has 2 rings (SSSR count). The molecule has 1 heterocycles. The molecule has 3 heteroatoms. The van der Waals surface area contributed by atoms with Gasteiger partial charge < -0.3 is 4.90 Å². The van der Waals surface area contributed by atoms with Gasteiger partial charge >= 0.3 is 0 Å². The third kappa shape index (κ3) is 3.76. The van der Waals surface area contributed by atoms with Crippen molar-refractivity contribution in [3.8, 4) is 6.07 Å². The Morgan fingerprint density at radius 2 is 2.06 bits per heavy atom. The van der Waals surface area contributed by atoms with Crippen LogP contribution in [0.2, 0.25) is 0 Å². The average molecular weight is 246 g/mol. The van der Waals surface area contributed by atoms with Crippen molar-refractivity contribution in [2.45, 2.75) is 12.3 Å². The third-order valence-corrected chi connectivity index (χ3v) is 4.16. The first kappa shape index (κ1) is 12.5. The van der Waals surface area contributed by atoms with Crippen molar-refractivity contribution >= 4 is 11.8 Å². The van der Waals surface area contributed by atoms with Gasteiger partial charge in [-0.3, -0.25) is 0 Å². The molecule has 1 aliphatic rings. The zero-order valence-electron chi connectivity index (χ0n) is 10.0. The van der Waals surface area contributed by atoms with Crippen molar-refractivity contribution in [3.05, 3.63) is 35.9 Å². The van der Waals surface area contributed by atoms with Crippen LogP contribution in [-0.2, 0) is 0 Å². The molecule has 0 aliphatic carbocycles. The predicted octanol–water partition coefficient (Wildman–Crippen LogP) is 2.73. The number of nitriles is 1. The minimum absolute atomic E-state index is 0.0132. The van der Waals surface area contributed by atoms with Gasteiger partial charge in [0, 0.05) is 18.8 Å². The van der Waals surface area contributed by atoms with Gasteiger partial charge in [-0.05, 0) is 24.3 Å². The minimum atomic E-state index is 0.0132. The fourth-order valence-corrected chi connectivity index (χ4v) is 3.07. The van der Waals surface area contributed by atoms with Crippen LogP contribution in [0, 0.1) is 11.3 Å². The fraction of sp³-hybridized carbons (Fsp3) is 0.500. The predicted molar refractivity (Wildman–Crippen MR) is 73.2 cm³/mol. The largest absolute Gasteiger partial charge is 0.301 e.